The third-order valence-electron chi connectivity index (χ3n) is 7.14. The van der Waals surface area contributed by atoms with Crippen LogP contribution in [0.15, 0.2) is 53.3 Å². The normalized spacial score (nSPS) is 25.6. The van der Waals surface area contributed by atoms with Gasteiger partial charge in [-0.25, -0.2) is 4.98 Å². The third kappa shape index (κ3) is 4.84. The van der Waals surface area contributed by atoms with Crippen LogP contribution in [-0.2, 0) is 0 Å². The molecular formula is C25H29F3N6O. The van der Waals surface area contributed by atoms with Crippen molar-refractivity contribution in [3.8, 4) is 5.75 Å². The molecule has 4 heterocycles. The molecule has 1 aromatic carbocycles. The molecule has 2 unspecified atom stereocenters. The highest BCUT2D eigenvalue weighted by atomic mass is 19.4. The summed E-state index contributed by atoms with van der Waals surface area (Å²) < 4.78 is 45.5. The molecular weight excluding hydrogens is 457 g/mol. The van der Waals surface area contributed by atoms with Crippen molar-refractivity contribution in [2.45, 2.75) is 50.0 Å². The molecule has 0 amide bonds. The molecule has 3 aliphatic heterocycles. The van der Waals surface area contributed by atoms with Crippen LogP contribution in [0.25, 0.3) is 0 Å². The van der Waals surface area contributed by atoms with Crippen molar-refractivity contribution in [2.75, 3.05) is 37.0 Å². The molecule has 0 spiro atoms. The topological polar surface area (TPSA) is 65.9 Å². The highest BCUT2D eigenvalue weighted by Gasteiger charge is 2.41. The fourth-order valence-corrected chi connectivity index (χ4v) is 5.02. The largest absolute Gasteiger partial charge is 0.486 e. The lowest BCUT2D eigenvalue weighted by molar-refractivity contribution is -0.0939. The van der Waals surface area contributed by atoms with E-state index < -0.39 is 17.4 Å². The van der Waals surface area contributed by atoms with Crippen molar-refractivity contribution in [2.24, 2.45) is 4.99 Å². The zero-order valence-corrected chi connectivity index (χ0v) is 19.8. The van der Waals surface area contributed by atoms with Gasteiger partial charge in [-0.05, 0) is 31.4 Å². The Morgan fingerprint density at radius 3 is 2.60 bits per heavy atom. The van der Waals surface area contributed by atoms with Gasteiger partial charge in [0, 0.05) is 44.4 Å². The van der Waals surface area contributed by atoms with Crippen molar-refractivity contribution in [3.05, 3.63) is 53.9 Å². The number of likely N-dealkylation sites (tertiary alicyclic amines) is 1. The highest BCUT2D eigenvalue weighted by Crippen LogP contribution is 2.38. The molecule has 186 valence electrons. The summed E-state index contributed by atoms with van der Waals surface area (Å²) in [6.45, 7) is 3.72. The van der Waals surface area contributed by atoms with E-state index in [4.69, 9.17) is 9.72 Å². The minimum atomic E-state index is -4.43. The number of nitrogens with zero attached hydrogens (tertiary/aromatic N) is 5. The average molecular weight is 487 g/mol. The Bertz CT molecular complexity index is 1110. The van der Waals surface area contributed by atoms with Gasteiger partial charge in [0.1, 0.15) is 12.3 Å². The van der Waals surface area contributed by atoms with Gasteiger partial charge in [-0.15, -0.1) is 0 Å². The Morgan fingerprint density at radius 2 is 1.89 bits per heavy atom. The standard InChI is InChI=1S/C25H29F3N6O/c1-24(10-11-29-21(14-24)25(26,27)28)34-12-8-18(9-13-34)31-23-30-15-20-22(32-23)33(2)19(16-35-20)17-6-4-3-5-7-17/h3-7,11,14-15,18-19H,8-10,12-13,16H2,1-2H3,(H,30,31,32). The van der Waals surface area contributed by atoms with Crippen LogP contribution < -0.4 is 15.0 Å². The summed E-state index contributed by atoms with van der Waals surface area (Å²) in [6.07, 6.45) is 1.94. The molecule has 2 aromatic rings. The van der Waals surface area contributed by atoms with E-state index in [1.807, 2.05) is 32.2 Å². The summed E-state index contributed by atoms with van der Waals surface area (Å²) in [5, 5.41) is 3.42. The molecule has 0 aliphatic carbocycles. The number of aromatic nitrogens is 2. The van der Waals surface area contributed by atoms with Gasteiger partial charge in [0.05, 0.1) is 12.2 Å². The first-order valence-electron chi connectivity index (χ1n) is 11.8. The number of benzene rings is 1. The number of aliphatic imine (C=N–C) groups is 1. The van der Waals surface area contributed by atoms with Crippen LogP contribution in [-0.4, -0.2) is 65.6 Å². The monoisotopic (exact) mass is 486 g/mol. The number of fused-ring (bicyclic) bond motifs is 1. The third-order valence-corrected chi connectivity index (χ3v) is 7.14. The first-order chi connectivity index (χ1) is 16.7. The smallest absolute Gasteiger partial charge is 0.433 e. The fraction of sp³-hybridized carbons (Fsp3) is 0.480. The number of likely N-dealkylation sites (N-methyl/N-ethyl adjacent to an activating group) is 1. The molecule has 35 heavy (non-hydrogen) atoms. The number of ether oxygens (including phenoxy) is 1. The second-order valence-corrected chi connectivity index (χ2v) is 9.54. The zero-order valence-electron chi connectivity index (χ0n) is 19.8. The molecule has 0 radical (unpaired) electrons. The molecule has 1 fully saturated rings. The van der Waals surface area contributed by atoms with Gasteiger partial charge < -0.3 is 15.0 Å². The Kier molecular flexibility index (Phi) is 6.16. The van der Waals surface area contributed by atoms with E-state index in [1.165, 1.54) is 12.3 Å². The summed E-state index contributed by atoms with van der Waals surface area (Å²) in [5.41, 5.74) is -0.342. The van der Waals surface area contributed by atoms with E-state index in [9.17, 15) is 13.2 Å². The number of halogens is 3. The number of hydrogen-bond acceptors (Lipinski definition) is 7. The number of nitrogens with one attached hydrogen (secondary N) is 1. The van der Waals surface area contributed by atoms with Gasteiger partial charge in [-0.1, -0.05) is 30.3 Å². The minimum absolute atomic E-state index is 0.0594. The summed E-state index contributed by atoms with van der Waals surface area (Å²) in [6, 6.07) is 10.4. The lowest BCUT2D eigenvalue weighted by Crippen LogP contribution is -2.52. The van der Waals surface area contributed by atoms with Gasteiger partial charge >= 0.3 is 6.18 Å². The van der Waals surface area contributed by atoms with Crippen molar-refractivity contribution in [1.82, 2.24) is 14.9 Å². The maximum atomic E-state index is 13.2. The number of alkyl halides is 3. The van der Waals surface area contributed by atoms with Crippen LogP contribution in [0, 0.1) is 0 Å². The average Bonchev–Trinajstić information content (AvgIpc) is 2.85. The quantitative estimate of drug-likeness (QED) is 0.682. The lowest BCUT2D eigenvalue weighted by atomic mass is 9.89. The molecule has 3 aliphatic rings. The van der Waals surface area contributed by atoms with Gasteiger partial charge in [0.15, 0.2) is 11.6 Å². The number of hydrogen-bond donors (Lipinski definition) is 1. The molecule has 1 saturated heterocycles. The lowest BCUT2D eigenvalue weighted by Gasteiger charge is -2.44. The second-order valence-electron chi connectivity index (χ2n) is 9.54. The van der Waals surface area contributed by atoms with Crippen LogP contribution in [0.1, 0.15) is 37.8 Å². The number of piperidine rings is 1. The maximum absolute atomic E-state index is 13.2. The zero-order chi connectivity index (χ0) is 24.6. The Labute approximate surface area is 202 Å². The molecule has 1 N–H and O–H groups in total. The molecule has 0 bridgehead atoms. The molecule has 5 rings (SSSR count). The Balaban J connectivity index is 1.23. The summed E-state index contributed by atoms with van der Waals surface area (Å²) >= 11 is 0. The van der Waals surface area contributed by atoms with Crippen molar-refractivity contribution >= 4 is 18.0 Å². The van der Waals surface area contributed by atoms with Gasteiger partial charge in [0.2, 0.25) is 5.95 Å². The van der Waals surface area contributed by atoms with Gasteiger partial charge in [-0.2, -0.15) is 18.2 Å². The first-order valence-corrected chi connectivity index (χ1v) is 11.8. The van der Waals surface area contributed by atoms with Crippen LogP contribution in [0.4, 0.5) is 24.9 Å². The van der Waals surface area contributed by atoms with Crippen molar-refractivity contribution in [3.63, 3.8) is 0 Å². The van der Waals surface area contributed by atoms with E-state index >= 15 is 0 Å². The van der Waals surface area contributed by atoms with E-state index in [2.05, 4.69) is 37.2 Å². The number of allylic oxidation sites excluding steroid dienone is 1. The number of anilines is 2. The van der Waals surface area contributed by atoms with Crippen LogP contribution in [0.5, 0.6) is 5.75 Å². The summed E-state index contributed by atoms with van der Waals surface area (Å²) in [5.74, 6) is 1.92. The van der Waals surface area contributed by atoms with Crippen LogP contribution in [0.3, 0.4) is 0 Å². The van der Waals surface area contributed by atoms with E-state index in [0.717, 1.165) is 24.2 Å². The van der Waals surface area contributed by atoms with Crippen molar-refractivity contribution in [1.29, 1.82) is 0 Å². The second kappa shape index (κ2) is 9.14. The summed E-state index contributed by atoms with van der Waals surface area (Å²) in [7, 11) is 2.01. The van der Waals surface area contributed by atoms with Crippen molar-refractivity contribution < 1.29 is 17.9 Å². The predicted octanol–water partition coefficient (Wildman–Crippen LogP) is 4.60. The van der Waals surface area contributed by atoms with Crippen LogP contribution >= 0.6 is 0 Å². The minimum Gasteiger partial charge on any atom is -0.486 e. The molecule has 2 atom stereocenters. The SMILES string of the molecule is CN1c2nc(NC3CCN(C4(C)C=C(C(F)(F)F)N=CC4)CC3)ncc2OCC1c1ccccc1. The van der Waals surface area contributed by atoms with E-state index in [1.54, 1.807) is 6.20 Å². The maximum Gasteiger partial charge on any atom is 0.433 e. The van der Waals surface area contributed by atoms with E-state index in [0.29, 0.717) is 37.8 Å². The predicted molar refractivity (Wildman–Crippen MR) is 129 cm³/mol. The fourth-order valence-electron chi connectivity index (χ4n) is 5.02. The molecule has 0 saturated carbocycles. The molecule has 1 aromatic heterocycles. The first kappa shape index (κ1) is 23.6. The molecule has 7 nitrogen and oxygen atoms in total. The Morgan fingerprint density at radius 1 is 1.14 bits per heavy atom. The van der Waals surface area contributed by atoms with Gasteiger partial charge in [0.25, 0.3) is 0 Å². The molecule has 10 heteroatoms. The van der Waals surface area contributed by atoms with Crippen LogP contribution in [0.2, 0.25) is 0 Å². The summed E-state index contributed by atoms with van der Waals surface area (Å²) in [4.78, 5) is 17.0. The van der Waals surface area contributed by atoms with Gasteiger partial charge in [-0.3, -0.25) is 9.89 Å². The van der Waals surface area contributed by atoms with E-state index in [-0.39, 0.29) is 12.1 Å². The number of rotatable bonds is 4. The highest BCUT2D eigenvalue weighted by molar-refractivity contribution is 5.64. The Hall–Kier alpha value is -3.14.